The van der Waals surface area contributed by atoms with Gasteiger partial charge in [-0.1, -0.05) is 18.0 Å². The molecule has 0 atom stereocenters. The van der Waals surface area contributed by atoms with Gasteiger partial charge < -0.3 is 15.6 Å². The second-order valence-electron chi connectivity index (χ2n) is 4.63. The lowest BCUT2D eigenvalue weighted by Crippen LogP contribution is -2.38. The Morgan fingerprint density at radius 3 is 2.67 bits per heavy atom. The number of aliphatic imine (C=N–C) groups is 1. The number of aromatic nitrogens is 1. The molecule has 0 aromatic carbocycles. The summed E-state index contributed by atoms with van der Waals surface area (Å²) in [5, 5.41) is 7.15. The van der Waals surface area contributed by atoms with Gasteiger partial charge in [0.15, 0.2) is 5.96 Å². The molecule has 102 valence electrons. The van der Waals surface area contributed by atoms with E-state index < -0.39 is 0 Å². The summed E-state index contributed by atoms with van der Waals surface area (Å²) in [4.78, 5) is 4.34. The minimum Gasteiger partial charge on any atom is -0.370 e. The second-order valence-corrected chi connectivity index (χ2v) is 4.63. The molecule has 18 heavy (non-hydrogen) atoms. The Morgan fingerprint density at radius 1 is 1.44 bits per heavy atom. The predicted molar refractivity (Wildman–Crippen MR) is 82.1 cm³/mol. The standard InChI is InChI=1S/C12H20N4O.HI/c1-8-11(9(2)17-16-8)7-14-12(13)15-10-5-3-4-6-10;/h10H,3-7H2,1-2H3,(H3,13,14,15);1H. The first-order valence-electron chi connectivity index (χ1n) is 6.15. The van der Waals surface area contributed by atoms with Crippen molar-refractivity contribution in [3.8, 4) is 0 Å². The van der Waals surface area contributed by atoms with Crippen molar-refractivity contribution in [2.24, 2.45) is 10.7 Å². The van der Waals surface area contributed by atoms with Crippen LogP contribution in [0.4, 0.5) is 0 Å². The van der Waals surface area contributed by atoms with Gasteiger partial charge in [0.05, 0.1) is 12.2 Å². The van der Waals surface area contributed by atoms with Crippen LogP contribution in [0.5, 0.6) is 0 Å². The zero-order chi connectivity index (χ0) is 12.3. The van der Waals surface area contributed by atoms with Crippen molar-refractivity contribution in [3.05, 3.63) is 17.0 Å². The number of nitrogens with two attached hydrogens (primary N) is 1. The molecule has 0 radical (unpaired) electrons. The molecule has 1 fully saturated rings. The summed E-state index contributed by atoms with van der Waals surface area (Å²) in [6.45, 7) is 4.35. The molecular weight excluding hydrogens is 343 g/mol. The summed E-state index contributed by atoms with van der Waals surface area (Å²) in [7, 11) is 0. The molecule has 0 aliphatic heterocycles. The number of nitrogens with zero attached hydrogens (tertiary/aromatic N) is 2. The summed E-state index contributed by atoms with van der Waals surface area (Å²) in [5.74, 6) is 1.34. The van der Waals surface area contributed by atoms with Crippen molar-refractivity contribution in [1.29, 1.82) is 0 Å². The molecule has 6 heteroatoms. The van der Waals surface area contributed by atoms with E-state index in [1.54, 1.807) is 0 Å². The number of rotatable bonds is 3. The Kier molecular flexibility index (Phi) is 5.90. The van der Waals surface area contributed by atoms with Crippen LogP contribution in [-0.4, -0.2) is 17.2 Å². The zero-order valence-corrected chi connectivity index (χ0v) is 13.2. The van der Waals surface area contributed by atoms with Crippen LogP contribution in [0.1, 0.15) is 42.7 Å². The summed E-state index contributed by atoms with van der Waals surface area (Å²) < 4.78 is 5.08. The third-order valence-corrected chi connectivity index (χ3v) is 3.30. The average molecular weight is 364 g/mol. The average Bonchev–Trinajstić information content (AvgIpc) is 2.88. The van der Waals surface area contributed by atoms with E-state index in [0.717, 1.165) is 17.0 Å². The highest BCUT2D eigenvalue weighted by atomic mass is 127. The van der Waals surface area contributed by atoms with Crippen LogP contribution in [0.3, 0.4) is 0 Å². The Balaban J connectivity index is 0.00000162. The largest absolute Gasteiger partial charge is 0.370 e. The fourth-order valence-electron chi connectivity index (χ4n) is 2.22. The highest BCUT2D eigenvalue weighted by molar-refractivity contribution is 14.0. The van der Waals surface area contributed by atoms with Crippen LogP contribution in [0, 0.1) is 13.8 Å². The monoisotopic (exact) mass is 364 g/mol. The van der Waals surface area contributed by atoms with E-state index in [-0.39, 0.29) is 24.0 Å². The van der Waals surface area contributed by atoms with E-state index >= 15 is 0 Å². The number of aryl methyl sites for hydroxylation is 2. The van der Waals surface area contributed by atoms with Gasteiger partial charge in [-0.2, -0.15) is 0 Å². The van der Waals surface area contributed by atoms with E-state index in [4.69, 9.17) is 10.3 Å². The molecule has 1 aliphatic carbocycles. The molecule has 1 aromatic rings. The van der Waals surface area contributed by atoms with Crippen LogP contribution in [0.2, 0.25) is 0 Å². The van der Waals surface area contributed by atoms with Crippen LogP contribution < -0.4 is 11.1 Å². The SMILES string of the molecule is Cc1noc(C)c1CN=C(N)NC1CCCC1.I. The molecular formula is C12H21IN4O. The van der Waals surface area contributed by atoms with Crippen LogP contribution >= 0.6 is 24.0 Å². The molecule has 1 heterocycles. The molecule has 3 N–H and O–H groups in total. The quantitative estimate of drug-likeness (QED) is 0.490. The number of nitrogens with one attached hydrogen (secondary N) is 1. The van der Waals surface area contributed by atoms with Gasteiger partial charge >= 0.3 is 0 Å². The van der Waals surface area contributed by atoms with Crippen LogP contribution in [0.15, 0.2) is 9.52 Å². The molecule has 0 amide bonds. The van der Waals surface area contributed by atoms with Crippen molar-refractivity contribution in [2.75, 3.05) is 0 Å². The van der Waals surface area contributed by atoms with Crippen LogP contribution in [0.25, 0.3) is 0 Å². The molecule has 0 spiro atoms. The first kappa shape index (κ1) is 15.3. The van der Waals surface area contributed by atoms with Crippen molar-refractivity contribution >= 4 is 29.9 Å². The minimum absolute atomic E-state index is 0. The first-order valence-corrected chi connectivity index (χ1v) is 6.15. The van der Waals surface area contributed by atoms with Crippen molar-refractivity contribution in [1.82, 2.24) is 10.5 Å². The Labute approximate surface area is 125 Å². The molecule has 0 saturated heterocycles. The lowest BCUT2D eigenvalue weighted by Gasteiger charge is -2.12. The summed E-state index contributed by atoms with van der Waals surface area (Å²) >= 11 is 0. The van der Waals surface area contributed by atoms with Gasteiger partial charge in [0.1, 0.15) is 5.76 Å². The molecule has 1 aliphatic rings. The highest BCUT2D eigenvalue weighted by Gasteiger charge is 2.15. The minimum atomic E-state index is 0. The lowest BCUT2D eigenvalue weighted by atomic mass is 10.2. The molecule has 2 rings (SSSR count). The van der Waals surface area contributed by atoms with Gasteiger partial charge in [0.2, 0.25) is 0 Å². The normalized spacial score (nSPS) is 16.7. The number of hydrogen-bond donors (Lipinski definition) is 2. The van der Waals surface area contributed by atoms with Crippen LogP contribution in [-0.2, 0) is 6.54 Å². The molecule has 0 bridgehead atoms. The topological polar surface area (TPSA) is 76.4 Å². The summed E-state index contributed by atoms with van der Waals surface area (Å²) in [6, 6.07) is 0.503. The van der Waals surface area contributed by atoms with Gasteiger partial charge in [-0.3, -0.25) is 0 Å². The number of guanidine groups is 1. The third kappa shape index (κ3) is 3.86. The molecule has 0 unspecified atom stereocenters. The Hall–Kier alpha value is -0.790. The number of halogens is 1. The van der Waals surface area contributed by atoms with Gasteiger partial charge in [-0.05, 0) is 26.7 Å². The number of hydrogen-bond acceptors (Lipinski definition) is 3. The van der Waals surface area contributed by atoms with E-state index in [0.29, 0.717) is 18.5 Å². The Bertz CT molecular complexity index is 391. The van der Waals surface area contributed by atoms with Crippen molar-refractivity contribution < 1.29 is 4.52 Å². The highest BCUT2D eigenvalue weighted by Crippen LogP contribution is 2.17. The fourth-order valence-corrected chi connectivity index (χ4v) is 2.22. The van der Waals surface area contributed by atoms with Gasteiger partial charge in [-0.15, -0.1) is 24.0 Å². The maximum Gasteiger partial charge on any atom is 0.189 e. The zero-order valence-electron chi connectivity index (χ0n) is 10.9. The molecule has 5 nitrogen and oxygen atoms in total. The summed E-state index contributed by atoms with van der Waals surface area (Å²) in [6.07, 6.45) is 4.96. The molecule has 1 saturated carbocycles. The van der Waals surface area contributed by atoms with Gasteiger partial charge in [0.25, 0.3) is 0 Å². The third-order valence-electron chi connectivity index (χ3n) is 3.30. The van der Waals surface area contributed by atoms with Gasteiger partial charge in [-0.25, -0.2) is 4.99 Å². The van der Waals surface area contributed by atoms with E-state index in [2.05, 4.69) is 15.5 Å². The van der Waals surface area contributed by atoms with Crippen molar-refractivity contribution in [2.45, 2.75) is 52.1 Å². The first-order chi connectivity index (χ1) is 8.16. The van der Waals surface area contributed by atoms with Gasteiger partial charge in [0, 0.05) is 11.6 Å². The smallest absolute Gasteiger partial charge is 0.189 e. The maximum absolute atomic E-state index is 5.86. The summed E-state index contributed by atoms with van der Waals surface area (Å²) in [5.41, 5.74) is 7.78. The fraction of sp³-hybridized carbons (Fsp3) is 0.667. The van der Waals surface area contributed by atoms with E-state index in [9.17, 15) is 0 Å². The maximum atomic E-state index is 5.86. The second kappa shape index (κ2) is 6.96. The van der Waals surface area contributed by atoms with Crippen molar-refractivity contribution in [3.63, 3.8) is 0 Å². The van der Waals surface area contributed by atoms with E-state index in [1.165, 1.54) is 25.7 Å². The van der Waals surface area contributed by atoms with E-state index in [1.807, 2.05) is 13.8 Å². The lowest BCUT2D eigenvalue weighted by molar-refractivity contribution is 0.392. The predicted octanol–water partition coefficient (Wildman–Crippen LogP) is 2.26. The molecule has 1 aromatic heterocycles. The Morgan fingerprint density at radius 2 is 2.11 bits per heavy atom.